The summed E-state index contributed by atoms with van der Waals surface area (Å²) in [6.45, 7) is 1.18. The third-order valence-corrected chi connectivity index (χ3v) is 7.76. The van der Waals surface area contributed by atoms with Gasteiger partial charge in [0, 0.05) is 29.7 Å². The van der Waals surface area contributed by atoms with Crippen LogP contribution in [0, 0.1) is 11.8 Å². The Balaban J connectivity index is 1.17. The monoisotopic (exact) mass is 419 g/mol. The standard InChI is InChI=1S/C25H29N3O3/c29-23(27-17-6-2-1-3-7-17)21-20-10-12-25(31-20)15-28(24(30)22(21)25)13-11-16-14-26-19-9-5-4-8-18(16)19/h4-5,8-10,12,14,17,20-22,26H,1-3,6-7,11,13,15H2,(H,27,29)/t20-,21+,22+,25+/m1/s1. The normalized spacial score (nSPS) is 32.2. The van der Waals surface area contributed by atoms with Crippen molar-refractivity contribution in [3.05, 3.63) is 48.2 Å². The van der Waals surface area contributed by atoms with Gasteiger partial charge in [-0.1, -0.05) is 49.6 Å². The number of benzene rings is 1. The molecule has 2 N–H and O–H groups in total. The summed E-state index contributed by atoms with van der Waals surface area (Å²) >= 11 is 0. The van der Waals surface area contributed by atoms with Crippen molar-refractivity contribution >= 4 is 22.7 Å². The summed E-state index contributed by atoms with van der Waals surface area (Å²) in [7, 11) is 0. The molecule has 162 valence electrons. The average Bonchev–Trinajstić information content (AvgIpc) is 3.53. The van der Waals surface area contributed by atoms with E-state index >= 15 is 0 Å². The fourth-order valence-electron chi connectivity index (χ4n) is 6.21. The smallest absolute Gasteiger partial charge is 0.230 e. The molecular formula is C25H29N3O3. The number of carbonyl (C=O) groups excluding carboxylic acids is 2. The molecule has 2 bridgehead atoms. The molecule has 1 aromatic heterocycles. The molecule has 1 saturated carbocycles. The Hall–Kier alpha value is -2.60. The van der Waals surface area contributed by atoms with E-state index in [1.807, 2.05) is 35.4 Å². The van der Waals surface area contributed by atoms with Crippen LogP contribution in [0.1, 0.15) is 37.7 Å². The summed E-state index contributed by atoms with van der Waals surface area (Å²) in [5.41, 5.74) is 1.70. The molecule has 2 saturated heterocycles. The molecule has 1 spiro atoms. The van der Waals surface area contributed by atoms with E-state index < -0.39 is 17.4 Å². The first-order valence-electron chi connectivity index (χ1n) is 11.7. The van der Waals surface area contributed by atoms with Gasteiger partial charge in [0.15, 0.2) is 0 Å². The van der Waals surface area contributed by atoms with Crippen molar-refractivity contribution in [3.63, 3.8) is 0 Å². The lowest BCUT2D eigenvalue weighted by atomic mass is 9.76. The van der Waals surface area contributed by atoms with Gasteiger partial charge < -0.3 is 19.9 Å². The van der Waals surface area contributed by atoms with Crippen LogP contribution >= 0.6 is 0 Å². The highest BCUT2D eigenvalue weighted by molar-refractivity contribution is 5.93. The van der Waals surface area contributed by atoms with Crippen molar-refractivity contribution in [2.75, 3.05) is 13.1 Å². The van der Waals surface area contributed by atoms with Gasteiger partial charge in [-0.2, -0.15) is 0 Å². The highest BCUT2D eigenvalue weighted by Gasteiger charge is 2.66. The number of fused-ring (bicyclic) bond motifs is 2. The van der Waals surface area contributed by atoms with Crippen LogP contribution in [0.5, 0.6) is 0 Å². The molecule has 31 heavy (non-hydrogen) atoms. The molecule has 4 atom stereocenters. The van der Waals surface area contributed by atoms with Gasteiger partial charge in [0.25, 0.3) is 0 Å². The van der Waals surface area contributed by atoms with E-state index in [2.05, 4.69) is 22.4 Å². The molecule has 0 unspecified atom stereocenters. The van der Waals surface area contributed by atoms with Crippen molar-refractivity contribution in [1.29, 1.82) is 0 Å². The van der Waals surface area contributed by atoms with Crippen LogP contribution in [0.3, 0.4) is 0 Å². The first kappa shape index (κ1) is 19.1. The Morgan fingerprint density at radius 1 is 1.23 bits per heavy atom. The molecule has 3 fully saturated rings. The highest BCUT2D eigenvalue weighted by atomic mass is 16.5. The molecule has 3 aliphatic heterocycles. The quantitative estimate of drug-likeness (QED) is 0.732. The molecule has 6 rings (SSSR count). The maximum atomic E-state index is 13.4. The zero-order chi connectivity index (χ0) is 21.0. The summed E-state index contributed by atoms with van der Waals surface area (Å²) in [5, 5.41) is 4.44. The fourth-order valence-corrected chi connectivity index (χ4v) is 6.21. The molecule has 4 heterocycles. The first-order valence-corrected chi connectivity index (χ1v) is 11.7. The number of rotatable bonds is 5. The third kappa shape index (κ3) is 3.03. The van der Waals surface area contributed by atoms with Gasteiger partial charge in [0.2, 0.25) is 11.8 Å². The Bertz CT molecular complexity index is 1050. The lowest BCUT2D eigenvalue weighted by Crippen LogP contribution is -2.47. The minimum Gasteiger partial charge on any atom is -0.361 e. The van der Waals surface area contributed by atoms with Gasteiger partial charge in [0.05, 0.1) is 24.5 Å². The van der Waals surface area contributed by atoms with Crippen LogP contribution < -0.4 is 5.32 Å². The van der Waals surface area contributed by atoms with Crippen LogP contribution in [-0.4, -0.2) is 52.5 Å². The van der Waals surface area contributed by atoms with Crippen LogP contribution in [-0.2, 0) is 20.7 Å². The van der Waals surface area contributed by atoms with E-state index in [0.29, 0.717) is 13.1 Å². The summed E-state index contributed by atoms with van der Waals surface area (Å²) in [6, 6.07) is 8.48. The number of amides is 2. The molecule has 0 radical (unpaired) electrons. The van der Waals surface area contributed by atoms with Gasteiger partial charge in [-0.15, -0.1) is 0 Å². The second-order valence-corrected chi connectivity index (χ2v) is 9.61. The molecule has 6 heteroatoms. The molecular weight excluding hydrogens is 390 g/mol. The Kier molecular flexibility index (Phi) is 4.46. The van der Waals surface area contributed by atoms with Gasteiger partial charge in [0.1, 0.15) is 5.60 Å². The second-order valence-electron chi connectivity index (χ2n) is 9.61. The molecule has 2 amide bonds. The Morgan fingerprint density at radius 3 is 2.94 bits per heavy atom. The number of aromatic amines is 1. The molecule has 1 aliphatic carbocycles. The molecule has 6 nitrogen and oxygen atoms in total. The SMILES string of the molecule is O=C(NC1CCCCC1)[C@@H]1[C@H]2C(=O)N(CCc3c[nH]c4ccccc34)C[C@@]23C=C[C@H]1O3. The van der Waals surface area contributed by atoms with Crippen LogP contribution in [0.2, 0.25) is 0 Å². The van der Waals surface area contributed by atoms with Crippen LogP contribution in [0.4, 0.5) is 0 Å². The number of nitrogens with zero attached hydrogens (tertiary/aromatic N) is 1. The van der Waals surface area contributed by atoms with Gasteiger partial charge >= 0.3 is 0 Å². The largest absolute Gasteiger partial charge is 0.361 e. The van der Waals surface area contributed by atoms with Gasteiger partial charge in [-0.25, -0.2) is 0 Å². The highest BCUT2D eigenvalue weighted by Crippen LogP contribution is 2.52. The fraction of sp³-hybridized carbons (Fsp3) is 0.520. The summed E-state index contributed by atoms with van der Waals surface area (Å²) in [4.78, 5) is 31.8. The van der Waals surface area contributed by atoms with E-state index in [1.165, 1.54) is 30.2 Å². The number of hydrogen-bond donors (Lipinski definition) is 2. The summed E-state index contributed by atoms with van der Waals surface area (Å²) in [5.74, 6) is -0.734. The number of likely N-dealkylation sites (tertiary alicyclic amines) is 1. The lowest BCUT2D eigenvalue weighted by Gasteiger charge is -2.28. The number of aromatic nitrogens is 1. The molecule has 2 aromatic rings. The lowest BCUT2D eigenvalue weighted by molar-refractivity contribution is -0.137. The Labute approximate surface area is 182 Å². The minimum absolute atomic E-state index is 0.0000430. The maximum absolute atomic E-state index is 13.4. The average molecular weight is 420 g/mol. The number of H-pyrrole nitrogens is 1. The van der Waals surface area contributed by atoms with E-state index in [1.54, 1.807) is 0 Å². The number of ether oxygens (including phenoxy) is 1. The van der Waals surface area contributed by atoms with Crippen LogP contribution in [0.25, 0.3) is 10.9 Å². The van der Waals surface area contributed by atoms with E-state index in [0.717, 1.165) is 24.8 Å². The molecule has 1 aromatic carbocycles. The van der Waals surface area contributed by atoms with Gasteiger partial charge in [-0.05, 0) is 30.9 Å². The minimum atomic E-state index is -0.628. The van der Waals surface area contributed by atoms with E-state index in [4.69, 9.17) is 4.74 Å². The predicted molar refractivity (Wildman–Crippen MR) is 117 cm³/mol. The van der Waals surface area contributed by atoms with Crippen molar-refractivity contribution in [2.45, 2.75) is 56.3 Å². The summed E-state index contributed by atoms with van der Waals surface area (Å²) < 4.78 is 6.27. The maximum Gasteiger partial charge on any atom is 0.230 e. The number of carbonyl (C=O) groups is 2. The molecule has 4 aliphatic rings. The first-order chi connectivity index (χ1) is 15.1. The topological polar surface area (TPSA) is 74.4 Å². The third-order valence-electron chi connectivity index (χ3n) is 7.76. The number of nitrogens with one attached hydrogen (secondary N) is 2. The van der Waals surface area contributed by atoms with Crippen molar-refractivity contribution in [2.24, 2.45) is 11.8 Å². The number of para-hydroxylation sites is 1. The summed E-state index contributed by atoms with van der Waals surface area (Å²) in [6.07, 6.45) is 12.3. The van der Waals surface area contributed by atoms with Gasteiger partial charge in [-0.3, -0.25) is 9.59 Å². The van der Waals surface area contributed by atoms with Crippen LogP contribution in [0.15, 0.2) is 42.6 Å². The zero-order valence-corrected chi connectivity index (χ0v) is 17.7. The number of hydrogen-bond acceptors (Lipinski definition) is 3. The van der Waals surface area contributed by atoms with E-state index in [-0.39, 0.29) is 24.0 Å². The Morgan fingerprint density at radius 2 is 2.06 bits per heavy atom. The van der Waals surface area contributed by atoms with E-state index in [9.17, 15) is 9.59 Å². The predicted octanol–water partition coefficient (Wildman–Crippen LogP) is 2.94. The van der Waals surface area contributed by atoms with Crippen molar-refractivity contribution in [1.82, 2.24) is 15.2 Å². The zero-order valence-electron chi connectivity index (χ0n) is 17.7. The van der Waals surface area contributed by atoms with Crippen molar-refractivity contribution < 1.29 is 14.3 Å². The second kappa shape index (κ2) is 7.23. The van der Waals surface area contributed by atoms with Crippen molar-refractivity contribution in [3.8, 4) is 0 Å².